The summed E-state index contributed by atoms with van der Waals surface area (Å²) in [6, 6.07) is 0. The van der Waals surface area contributed by atoms with Crippen LogP contribution in [-0.4, -0.2) is 29.8 Å². The Bertz CT molecular complexity index is 503. The van der Waals surface area contributed by atoms with E-state index in [1.807, 2.05) is 0 Å². The molecular formula is C20H25O10V-5. The minimum absolute atomic E-state index is 0. The van der Waals surface area contributed by atoms with Crippen molar-refractivity contribution in [2.75, 3.05) is 0 Å². The number of carbonyl (C=O) groups excluding carboxylic acids is 5. The molecule has 0 saturated carbocycles. The van der Waals surface area contributed by atoms with Crippen LogP contribution in [0.2, 0.25) is 0 Å². The molecule has 0 aliphatic carbocycles. The Morgan fingerprint density at radius 1 is 0.387 bits per heavy atom. The summed E-state index contributed by atoms with van der Waals surface area (Å²) in [5.41, 5.74) is 0.324. The molecule has 0 aliphatic heterocycles. The van der Waals surface area contributed by atoms with Crippen molar-refractivity contribution >= 4 is 29.8 Å². The third kappa shape index (κ3) is 58.4. The largest absolute Gasteiger partial charge is 0.545 e. The third-order valence-corrected chi connectivity index (χ3v) is 1.74. The molecule has 0 fully saturated rings. The van der Waals surface area contributed by atoms with Crippen molar-refractivity contribution in [1.29, 1.82) is 0 Å². The number of carbonyl (C=O) groups is 5. The van der Waals surface area contributed by atoms with Gasteiger partial charge in [0, 0.05) is 18.6 Å². The maximum atomic E-state index is 9.49. The van der Waals surface area contributed by atoms with Gasteiger partial charge in [0.2, 0.25) is 0 Å². The molecule has 0 saturated heterocycles. The average molecular weight is 476 g/mol. The first-order valence-corrected chi connectivity index (χ1v) is 7.56. The van der Waals surface area contributed by atoms with Crippen molar-refractivity contribution in [2.45, 2.75) is 34.6 Å². The molecule has 0 rings (SSSR count). The second-order valence-corrected chi connectivity index (χ2v) is 5.34. The van der Waals surface area contributed by atoms with Gasteiger partial charge in [0.05, 0.1) is 29.8 Å². The predicted octanol–water partition coefficient (Wildman–Crippen LogP) is -3.44. The molecule has 0 amide bonds. The van der Waals surface area contributed by atoms with E-state index in [0.717, 1.165) is 0 Å². The zero-order valence-electron chi connectivity index (χ0n) is 18.1. The molecule has 0 N–H and O–H groups in total. The van der Waals surface area contributed by atoms with Gasteiger partial charge in [0.1, 0.15) is 0 Å². The van der Waals surface area contributed by atoms with Gasteiger partial charge in [-0.15, -0.1) is 0 Å². The van der Waals surface area contributed by atoms with Gasteiger partial charge in [-0.3, -0.25) is 0 Å². The van der Waals surface area contributed by atoms with Crippen LogP contribution in [-0.2, 0) is 42.5 Å². The molecule has 10 nitrogen and oxygen atoms in total. The first kappa shape index (κ1) is 41.9. The SMILES string of the molecule is C=C(C)C(=O)[O-].C=C(C)C(=O)[O-].C=C(C)C(=O)[O-].C=C(C)C(=O)[O-].C=C(C)C(=O)[O-].[V]. The summed E-state index contributed by atoms with van der Waals surface area (Å²) in [6.45, 7) is 22.4. The summed E-state index contributed by atoms with van der Waals surface area (Å²) in [5, 5.41) is 47.4. The van der Waals surface area contributed by atoms with Gasteiger partial charge in [-0.05, 0) is 62.5 Å². The predicted molar refractivity (Wildman–Crippen MR) is 99.1 cm³/mol. The topological polar surface area (TPSA) is 201 Å². The Morgan fingerprint density at radius 3 is 0.419 bits per heavy atom. The average Bonchev–Trinajstić information content (AvgIpc) is 2.56. The number of aliphatic carboxylic acids is 5. The molecule has 1 radical (unpaired) electrons. The molecule has 31 heavy (non-hydrogen) atoms. The minimum atomic E-state index is -1.19. The third-order valence-electron chi connectivity index (χ3n) is 1.74. The van der Waals surface area contributed by atoms with Gasteiger partial charge >= 0.3 is 0 Å². The van der Waals surface area contributed by atoms with Crippen LogP contribution in [0.5, 0.6) is 0 Å². The Balaban J connectivity index is -0.0000000625. The molecule has 0 aromatic carbocycles. The van der Waals surface area contributed by atoms with E-state index < -0.39 is 29.8 Å². The summed E-state index contributed by atoms with van der Waals surface area (Å²) in [6.07, 6.45) is 0. The summed E-state index contributed by atoms with van der Waals surface area (Å²) < 4.78 is 0. The molecule has 0 aliphatic rings. The normalized spacial score (nSPS) is 7.26. The maximum absolute atomic E-state index is 9.49. The number of carboxylic acids is 5. The van der Waals surface area contributed by atoms with Crippen molar-refractivity contribution in [1.82, 2.24) is 0 Å². The fourth-order valence-corrected chi connectivity index (χ4v) is 0. The molecular weight excluding hydrogens is 451 g/mol. The zero-order valence-corrected chi connectivity index (χ0v) is 19.5. The van der Waals surface area contributed by atoms with Crippen LogP contribution in [0.4, 0.5) is 0 Å². The summed E-state index contributed by atoms with van der Waals surface area (Å²) in [4.78, 5) is 47.4. The van der Waals surface area contributed by atoms with Crippen molar-refractivity contribution in [3.8, 4) is 0 Å². The van der Waals surface area contributed by atoms with Crippen LogP contribution in [0, 0.1) is 0 Å². The number of hydrogen-bond acceptors (Lipinski definition) is 10. The van der Waals surface area contributed by atoms with E-state index in [0.29, 0.717) is 0 Å². The molecule has 11 heteroatoms. The van der Waals surface area contributed by atoms with E-state index in [1.54, 1.807) is 0 Å². The van der Waals surface area contributed by atoms with Gasteiger partial charge < -0.3 is 49.5 Å². The molecule has 0 aromatic rings. The monoisotopic (exact) mass is 476 g/mol. The van der Waals surface area contributed by atoms with Crippen molar-refractivity contribution in [3.05, 3.63) is 60.8 Å². The fraction of sp³-hybridized carbons (Fsp3) is 0.250. The van der Waals surface area contributed by atoms with Gasteiger partial charge in [-0.2, -0.15) is 0 Å². The van der Waals surface area contributed by atoms with Crippen LogP contribution in [0.15, 0.2) is 60.8 Å². The van der Waals surface area contributed by atoms with Gasteiger partial charge in [-0.25, -0.2) is 0 Å². The second-order valence-electron chi connectivity index (χ2n) is 5.34. The quantitative estimate of drug-likeness (QED) is 0.359. The summed E-state index contributed by atoms with van der Waals surface area (Å²) >= 11 is 0. The first-order valence-electron chi connectivity index (χ1n) is 7.56. The van der Waals surface area contributed by atoms with E-state index in [4.69, 9.17) is 0 Å². The fourth-order valence-electron chi connectivity index (χ4n) is 0. The van der Waals surface area contributed by atoms with E-state index >= 15 is 0 Å². The summed E-state index contributed by atoms with van der Waals surface area (Å²) in [7, 11) is 0. The van der Waals surface area contributed by atoms with Crippen LogP contribution in [0.25, 0.3) is 0 Å². The molecule has 0 bridgehead atoms. The molecule has 0 heterocycles. The number of rotatable bonds is 5. The van der Waals surface area contributed by atoms with Crippen molar-refractivity contribution in [2.24, 2.45) is 0 Å². The minimum Gasteiger partial charge on any atom is -0.545 e. The Labute approximate surface area is 193 Å². The zero-order chi connectivity index (χ0) is 25.8. The molecule has 0 spiro atoms. The Hall–Kier alpha value is -3.37. The van der Waals surface area contributed by atoms with Crippen molar-refractivity contribution < 1.29 is 68.1 Å². The van der Waals surface area contributed by atoms with E-state index in [2.05, 4.69) is 32.9 Å². The Morgan fingerprint density at radius 2 is 0.419 bits per heavy atom. The van der Waals surface area contributed by atoms with Crippen LogP contribution in [0.3, 0.4) is 0 Å². The van der Waals surface area contributed by atoms with Crippen LogP contribution >= 0.6 is 0 Å². The Kier molecular flexibility index (Phi) is 33.3. The smallest absolute Gasteiger partial charge is 0.0666 e. The number of hydrogen-bond donors (Lipinski definition) is 0. The molecule has 0 aromatic heterocycles. The van der Waals surface area contributed by atoms with Gasteiger partial charge in [0.15, 0.2) is 0 Å². The molecule has 175 valence electrons. The van der Waals surface area contributed by atoms with E-state index in [1.165, 1.54) is 34.6 Å². The second kappa shape index (κ2) is 24.7. The molecule has 0 unspecified atom stereocenters. The van der Waals surface area contributed by atoms with E-state index in [-0.39, 0.29) is 46.4 Å². The standard InChI is InChI=1S/5C4H6O2.V/c5*1-3(2)4(5)6;/h5*1H2,2H3,(H,5,6);/p-5. The summed E-state index contributed by atoms with van der Waals surface area (Å²) in [5.74, 6) is -5.93. The maximum Gasteiger partial charge on any atom is 0.0666 e. The van der Waals surface area contributed by atoms with Crippen LogP contribution in [0.1, 0.15) is 34.6 Å². The van der Waals surface area contributed by atoms with Crippen LogP contribution < -0.4 is 25.5 Å². The van der Waals surface area contributed by atoms with Gasteiger partial charge in [-0.1, -0.05) is 32.9 Å². The molecule has 0 atom stereocenters. The number of carboxylic acid groups (broad SMARTS) is 5. The van der Waals surface area contributed by atoms with Crippen molar-refractivity contribution in [3.63, 3.8) is 0 Å². The van der Waals surface area contributed by atoms with Gasteiger partial charge in [0.25, 0.3) is 0 Å². The van der Waals surface area contributed by atoms with E-state index in [9.17, 15) is 49.5 Å². The first-order chi connectivity index (χ1) is 13.2.